The zero-order valence-electron chi connectivity index (χ0n) is 21.3. The van der Waals surface area contributed by atoms with Gasteiger partial charge in [0.05, 0.1) is 13.3 Å². The third kappa shape index (κ3) is 5.68. The molecule has 1 aliphatic heterocycles. The van der Waals surface area contributed by atoms with Crippen molar-refractivity contribution in [2.24, 2.45) is 11.7 Å². The van der Waals surface area contributed by atoms with Crippen LogP contribution in [0, 0.1) is 17.6 Å². The number of methoxy groups -OCH3 is 1. The Morgan fingerprint density at radius 1 is 1.13 bits per heavy atom. The van der Waals surface area contributed by atoms with Crippen LogP contribution in [-0.2, 0) is 9.53 Å². The lowest BCUT2D eigenvalue weighted by molar-refractivity contribution is -0.122. The van der Waals surface area contributed by atoms with E-state index in [9.17, 15) is 18.4 Å². The molecule has 0 bridgehead atoms. The molecule has 1 saturated carbocycles. The number of nitrogens with two attached hydrogens (primary N) is 1. The van der Waals surface area contributed by atoms with E-state index in [1.165, 1.54) is 13.3 Å². The maximum atomic E-state index is 14.7. The Morgan fingerprint density at radius 3 is 2.51 bits per heavy atom. The van der Waals surface area contributed by atoms with Gasteiger partial charge in [0.25, 0.3) is 0 Å². The molecule has 14 heteroatoms. The highest BCUT2D eigenvalue weighted by Gasteiger charge is 2.30. The number of hydrogen-bond donors (Lipinski definition) is 3. The first-order chi connectivity index (χ1) is 18.7. The zero-order chi connectivity index (χ0) is 27.7. The van der Waals surface area contributed by atoms with Crippen LogP contribution in [0.15, 0.2) is 18.3 Å². The number of imidazole rings is 1. The number of fused-ring (bicyclic) bond motifs is 1. The van der Waals surface area contributed by atoms with E-state index in [2.05, 4.69) is 20.6 Å². The van der Waals surface area contributed by atoms with Crippen molar-refractivity contribution in [1.82, 2.24) is 24.4 Å². The van der Waals surface area contributed by atoms with E-state index in [1.54, 1.807) is 9.47 Å². The van der Waals surface area contributed by atoms with Crippen LogP contribution in [-0.4, -0.2) is 62.7 Å². The van der Waals surface area contributed by atoms with Gasteiger partial charge in [-0.05, 0) is 50.7 Å². The van der Waals surface area contributed by atoms with Gasteiger partial charge in [-0.25, -0.2) is 23.5 Å². The lowest BCUT2D eigenvalue weighted by Gasteiger charge is -2.32. The van der Waals surface area contributed by atoms with Crippen molar-refractivity contribution in [2.45, 2.75) is 50.6 Å². The highest BCUT2D eigenvalue weighted by molar-refractivity contribution is 6.30. The van der Waals surface area contributed by atoms with E-state index in [0.717, 1.165) is 25.0 Å². The number of carbonyl (C=O) groups excluding carboxylic acids is 2. The summed E-state index contributed by atoms with van der Waals surface area (Å²) in [7, 11) is 1.35. The summed E-state index contributed by atoms with van der Waals surface area (Å²) in [5, 5.41) is 6.01. The van der Waals surface area contributed by atoms with Crippen LogP contribution in [0.5, 0.6) is 0 Å². The van der Waals surface area contributed by atoms with Crippen LogP contribution < -0.4 is 16.4 Å². The topological polar surface area (TPSA) is 140 Å². The number of anilines is 3. The second-order valence-electron chi connectivity index (χ2n) is 9.88. The molecule has 0 unspecified atom stereocenters. The van der Waals surface area contributed by atoms with Gasteiger partial charge in [0.2, 0.25) is 17.8 Å². The normalized spacial score (nSPS) is 21.5. The Labute approximate surface area is 228 Å². The quantitative estimate of drug-likeness (QED) is 0.402. The van der Waals surface area contributed by atoms with Crippen LogP contribution in [0.2, 0.25) is 5.02 Å². The summed E-state index contributed by atoms with van der Waals surface area (Å²) in [6, 6.07) is 1.79. The molecule has 1 aliphatic carbocycles. The molecule has 0 radical (unpaired) electrons. The molecule has 2 aromatic heterocycles. The smallest absolute Gasteiger partial charge is 0.409 e. The minimum absolute atomic E-state index is 0.0658. The van der Waals surface area contributed by atoms with Crippen LogP contribution in [0.1, 0.15) is 44.6 Å². The first-order valence-corrected chi connectivity index (χ1v) is 13.2. The van der Waals surface area contributed by atoms with Crippen LogP contribution in [0.3, 0.4) is 0 Å². The lowest BCUT2D eigenvalue weighted by atomic mass is 9.85. The van der Waals surface area contributed by atoms with E-state index in [1.807, 2.05) is 0 Å². The van der Waals surface area contributed by atoms with Gasteiger partial charge < -0.3 is 26.0 Å². The Hall–Kier alpha value is -3.74. The molecular weight excluding hydrogens is 534 g/mol. The Morgan fingerprint density at radius 2 is 1.85 bits per heavy atom. The van der Waals surface area contributed by atoms with E-state index >= 15 is 0 Å². The summed E-state index contributed by atoms with van der Waals surface area (Å²) < 4.78 is 36.0. The molecule has 5 rings (SSSR count). The van der Waals surface area contributed by atoms with Gasteiger partial charge in [-0.2, -0.15) is 4.98 Å². The molecule has 4 N–H and O–H groups in total. The summed E-state index contributed by atoms with van der Waals surface area (Å²) >= 11 is 5.79. The standard InChI is InChI=1S/C25H29ClF2N8O3/c1-39-25(38)35-8-2-3-15(12-35)31-23-30-11-19-22(34-23)36(16-6-4-13(5-7-16)21(29)37)24(32-19)33-20-17(27)9-14(26)10-18(20)28/h9-11,13,15-16H,2-8,12H2,1H3,(H2,29,37)(H,32,33)(H,30,31,34)/t13?,15-,16?/m1/s1. The summed E-state index contributed by atoms with van der Waals surface area (Å²) in [6.45, 7) is 1.05. The van der Waals surface area contributed by atoms with E-state index < -0.39 is 17.3 Å². The van der Waals surface area contributed by atoms with Crippen molar-refractivity contribution < 1.29 is 23.1 Å². The number of nitrogens with one attached hydrogen (secondary N) is 2. The zero-order valence-corrected chi connectivity index (χ0v) is 22.0. The number of nitrogens with zero attached hydrogens (tertiary/aromatic N) is 5. The number of rotatable bonds is 6. The molecule has 2 aliphatic rings. The highest BCUT2D eigenvalue weighted by Crippen LogP contribution is 2.37. The molecule has 11 nitrogen and oxygen atoms in total. The molecule has 2 fully saturated rings. The number of ether oxygens (including phenoxy) is 1. The molecule has 39 heavy (non-hydrogen) atoms. The molecule has 3 heterocycles. The van der Waals surface area contributed by atoms with E-state index in [-0.39, 0.29) is 41.0 Å². The maximum absolute atomic E-state index is 14.7. The first kappa shape index (κ1) is 26.9. The summed E-state index contributed by atoms with van der Waals surface area (Å²) in [5.74, 6) is -1.77. The van der Waals surface area contributed by atoms with Gasteiger partial charge in [-0.3, -0.25) is 9.36 Å². The monoisotopic (exact) mass is 562 g/mol. The summed E-state index contributed by atoms with van der Waals surface area (Å²) in [4.78, 5) is 39.0. The second-order valence-corrected chi connectivity index (χ2v) is 10.3. The van der Waals surface area contributed by atoms with Gasteiger partial charge in [-0.1, -0.05) is 11.6 Å². The fraction of sp³-hybridized carbons (Fsp3) is 0.480. The Balaban J connectivity index is 1.48. The Bertz CT molecular complexity index is 1370. The lowest BCUT2D eigenvalue weighted by Crippen LogP contribution is -2.45. The van der Waals surface area contributed by atoms with Gasteiger partial charge in [-0.15, -0.1) is 0 Å². The average Bonchev–Trinajstić information content (AvgIpc) is 3.27. The predicted octanol–water partition coefficient (Wildman–Crippen LogP) is 4.36. The average molecular weight is 563 g/mol. The van der Waals surface area contributed by atoms with Crippen molar-refractivity contribution >= 4 is 52.3 Å². The largest absolute Gasteiger partial charge is 0.453 e. The highest BCUT2D eigenvalue weighted by atomic mass is 35.5. The van der Waals surface area contributed by atoms with Gasteiger partial charge in [0.15, 0.2) is 17.3 Å². The maximum Gasteiger partial charge on any atom is 0.409 e. The first-order valence-electron chi connectivity index (χ1n) is 12.8. The number of aromatic nitrogens is 4. The van der Waals surface area contributed by atoms with Crippen molar-refractivity contribution in [2.75, 3.05) is 30.8 Å². The summed E-state index contributed by atoms with van der Waals surface area (Å²) in [5.41, 5.74) is 6.02. The molecular formula is C25H29ClF2N8O3. The van der Waals surface area contributed by atoms with Crippen molar-refractivity contribution in [1.29, 1.82) is 0 Å². The van der Waals surface area contributed by atoms with Gasteiger partial charge in [0, 0.05) is 36.1 Å². The van der Waals surface area contributed by atoms with Crippen molar-refractivity contribution in [3.05, 3.63) is 35.0 Å². The van der Waals surface area contributed by atoms with Crippen molar-refractivity contribution in [3.63, 3.8) is 0 Å². The summed E-state index contributed by atoms with van der Waals surface area (Å²) in [6.07, 6.45) is 5.10. The predicted molar refractivity (Wildman–Crippen MR) is 141 cm³/mol. The molecule has 1 aromatic carbocycles. The number of halogens is 3. The fourth-order valence-corrected chi connectivity index (χ4v) is 5.55. The van der Waals surface area contributed by atoms with E-state index in [4.69, 9.17) is 27.1 Å². The molecule has 1 atom stereocenters. The molecule has 208 valence electrons. The molecule has 2 amide bonds. The number of likely N-dealkylation sites (tertiary alicyclic amines) is 1. The number of hydrogen-bond acceptors (Lipinski definition) is 8. The van der Waals surface area contributed by atoms with Crippen LogP contribution >= 0.6 is 11.6 Å². The molecule has 3 aromatic rings. The SMILES string of the molecule is COC(=O)N1CCC[C@@H](Nc2ncc3nc(Nc4c(F)cc(Cl)cc4F)n(C4CCC(C(N)=O)CC4)c3n2)C1. The van der Waals surface area contributed by atoms with Crippen LogP contribution in [0.25, 0.3) is 11.2 Å². The fourth-order valence-electron chi connectivity index (χ4n) is 5.36. The Kier molecular flexibility index (Phi) is 7.69. The minimum Gasteiger partial charge on any atom is -0.453 e. The number of primary amides is 1. The molecule has 1 saturated heterocycles. The third-order valence-electron chi connectivity index (χ3n) is 7.33. The van der Waals surface area contributed by atoms with Crippen molar-refractivity contribution in [3.8, 4) is 0 Å². The van der Waals surface area contributed by atoms with Gasteiger partial charge in [0.1, 0.15) is 11.2 Å². The number of benzene rings is 1. The van der Waals surface area contributed by atoms with Gasteiger partial charge >= 0.3 is 6.09 Å². The second kappa shape index (κ2) is 11.2. The minimum atomic E-state index is -0.864. The number of amides is 2. The van der Waals surface area contributed by atoms with E-state index in [0.29, 0.717) is 55.9 Å². The third-order valence-corrected chi connectivity index (χ3v) is 7.55. The number of carbonyl (C=O) groups is 2. The molecule has 0 spiro atoms. The number of piperidine rings is 1. The van der Waals surface area contributed by atoms with Crippen LogP contribution in [0.4, 0.5) is 31.2 Å².